The average Bonchev–Trinajstić information content (AvgIpc) is 2.18. The smallest absolute Gasteiger partial charge is 0.239 e. The monoisotopic (exact) mass is 194 g/mol. The van der Waals surface area contributed by atoms with Crippen molar-refractivity contribution >= 4 is 17.4 Å². The van der Waals surface area contributed by atoms with Crippen LogP contribution in [0.5, 0.6) is 0 Å². The third-order valence-electron chi connectivity index (χ3n) is 1.89. The highest BCUT2D eigenvalue weighted by molar-refractivity contribution is 5.82. The molecule has 3 N–H and O–H groups in total. The Bertz CT molecular complexity index is 326. The molecule has 0 unspecified atom stereocenters. The summed E-state index contributed by atoms with van der Waals surface area (Å²) in [5, 5.41) is 2.54. The maximum absolute atomic E-state index is 11.1. The van der Waals surface area contributed by atoms with Gasteiger partial charge in [0.1, 0.15) is 5.82 Å². The summed E-state index contributed by atoms with van der Waals surface area (Å²) >= 11 is 0. The summed E-state index contributed by atoms with van der Waals surface area (Å²) in [6, 6.07) is 3.61. The van der Waals surface area contributed by atoms with Gasteiger partial charge >= 0.3 is 0 Å². The van der Waals surface area contributed by atoms with Crippen LogP contribution in [0.15, 0.2) is 18.3 Å². The van der Waals surface area contributed by atoms with E-state index in [2.05, 4.69) is 10.3 Å². The average molecular weight is 194 g/mol. The summed E-state index contributed by atoms with van der Waals surface area (Å²) in [6.45, 7) is 0.270. The predicted octanol–water partition coefficient (Wildman–Crippen LogP) is -0.154. The van der Waals surface area contributed by atoms with Gasteiger partial charge in [-0.15, -0.1) is 0 Å². The molecule has 0 bridgehead atoms. The van der Waals surface area contributed by atoms with Crippen molar-refractivity contribution in [2.75, 3.05) is 31.3 Å². The lowest BCUT2D eigenvalue weighted by Gasteiger charge is -2.18. The van der Waals surface area contributed by atoms with E-state index in [1.54, 1.807) is 31.3 Å². The Hall–Kier alpha value is -1.78. The van der Waals surface area contributed by atoms with E-state index in [9.17, 15) is 4.79 Å². The number of hydrogen-bond donors (Lipinski definition) is 2. The van der Waals surface area contributed by atoms with Crippen LogP contribution in [0.1, 0.15) is 0 Å². The van der Waals surface area contributed by atoms with Crippen LogP contribution >= 0.6 is 0 Å². The van der Waals surface area contributed by atoms with Crippen LogP contribution < -0.4 is 16.0 Å². The van der Waals surface area contributed by atoms with Crippen LogP contribution in [0.3, 0.4) is 0 Å². The minimum atomic E-state index is -0.0595. The number of carbonyl (C=O) groups excluding carboxylic acids is 1. The maximum atomic E-state index is 11.1. The first kappa shape index (κ1) is 10.3. The van der Waals surface area contributed by atoms with E-state index in [0.717, 1.165) is 5.69 Å². The number of nitrogens with zero attached hydrogens (tertiary/aromatic N) is 2. The maximum Gasteiger partial charge on any atom is 0.239 e. The molecule has 0 saturated carbocycles. The number of nitrogens with one attached hydrogen (secondary N) is 1. The van der Waals surface area contributed by atoms with E-state index in [0.29, 0.717) is 5.82 Å². The fraction of sp³-hybridized carbons (Fsp3) is 0.333. The van der Waals surface area contributed by atoms with Gasteiger partial charge < -0.3 is 16.0 Å². The molecular formula is C9H14N4O. The van der Waals surface area contributed by atoms with Gasteiger partial charge in [-0.25, -0.2) is 4.98 Å². The third-order valence-corrected chi connectivity index (χ3v) is 1.89. The molecule has 1 rings (SSSR count). The van der Waals surface area contributed by atoms with Gasteiger partial charge in [0, 0.05) is 20.3 Å². The molecular weight excluding hydrogens is 180 g/mol. The first-order valence-corrected chi connectivity index (χ1v) is 4.27. The minimum Gasteiger partial charge on any atom is -0.382 e. The second kappa shape index (κ2) is 4.45. The Kier molecular flexibility index (Phi) is 3.28. The Morgan fingerprint density at radius 2 is 2.43 bits per heavy atom. The lowest BCUT2D eigenvalue weighted by Crippen LogP contribution is -2.33. The van der Waals surface area contributed by atoms with Crippen LogP contribution in [0.25, 0.3) is 0 Å². The topological polar surface area (TPSA) is 71.2 Å². The van der Waals surface area contributed by atoms with Gasteiger partial charge in [-0.1, -0.05) is 0 Å². The SMILES string of the molecule is CNC(=O)CN(C)c1cccnc1N. The van der Waals surface area contributed by atoms with Gasteiger partial charge in [-0.2, -0.15) is 0 Å². The molecule has 1 aromatic heterocycles. The predicted molar refractivity (Wildman–Crippen MR) is 56.0 cm³/mol. The second-order valence-electron chi connectivity index (χ2n) is 2.94. The standard InChI is InChI=1S/C9H14N4O/c1-11-8(14)6-13(2)7-4-3-5-12-9(7)10/h3-5H,6H2,1-2H3,(H2,10,12)(H,11,14). The largest absolute Gasteiger partial charge is 0.382 e. The highest BCUT2D eigenvalue weighted by Crippen LogP contribution is 2.17. The summed E-state index contributed by atoms with van der Waals surface area (Å²) in [6.07, 6.45) is 1.62. The lowest BCUT2D eigenvalue weighted by atomic mass is 10.3. The van der Waals surface area contributed by atoms with E-state index in [1.165, 1.54) is 0 Å². The molecule has 0 atom stereocenters. The molecule has 1 heterocycles. The highest BCUT2D eigenvalue weighted by atomic mass is 16.1. The molecule has 5 nitrogen and oxygen atoms in total. The van der Waals surface area contributed by atoms with Crippen LogP contribution in [-0.4, -0.2) is 31.5 Å². The van der Waals surface area contributed by atoms with E-state index in [-0.39, 0.29) is 12.5 Å². The minimum absolute atomic E-state index is 0.0595. The third kappa shape index (κ3) is 2.35. The van der Waals surface area contributed by atoms with Gasteiger partial charge in [-0.3, -0.25) is 4.79 Å². The summed E-state index contributed by atoms with van der Waals surface area (Å²) in [5.74, 6) is 0.370. The van der Waals surface area contributed by atoms with Gasteiger partial charge in [0.15, 0.2) is 0 Å². The van der Waals surface area contributed by atoms with Gasteiger partial charge in [-0.05, 0) is 12.1 Å². The molecule has 0 aliphatic heterocycles. The van der Waals surface area contributed by atoms with Crippen molar-refractivity contribution in [2.24, 2.45) is 0 Å². The molecule has 0 fully saturated rings. The van der Waals surface area contributed by atoms with Crippen molar-refractivity contribution in [3.05, 3.63) is 18.3 Å². The van der Waals surface area contributed by atoms with Crippen molar-refractivity contribution in [1.29, 1.82) is 0 Å². The molecule has 5 heteroatoms. The Balaban J connectivity index is 2.74. The van der Waals surface area contributed by atoms with E-state index in [1.807, 2.05) is 6.07 Å². The second-order valence-corrected chi connectivity index (χ2v) is 2.94. The summed E-state index contributed by atoms with van der Waals surface area (Å²) in [5.41, 5.74) is 6.41. The van der Waals surface area contributed by atoms with E-state index >= 15 is 0 Å². The van der Waals surface area contributed by atoms with Crippen molar-refractivity contribution in [1.82, 2.24) is 10.3 Å². The number of amides is 1. The fourth-order valence-corrected chi connectivity index (χ4v) is 1.11. The van der Waals surface area contributed by atoms with E-state index < -0.39 is 0 Å². The molecule has 1 aromatic rings. The first-order chi connectivity index (χ1) is 6.65. The van der Waals surface area contributed by atoms with E-state index in [4.69, 9.17) is 5.73 Å². The summed E-state index contributed by atoms with van der Waals surface area (Å²) < 4.78 is 0. The van der Waals surface area contributed by atoms with Crippen molar-refractivity contribution in [3.63, 3.8) is 0 Å². The molecule has 0 aliphatic carbocycles. The molecule has 76 valence electrons. The molecule has 0 aromatic carbocycles. The summed E-state index contributed by atoms with van der Waals surface area (Å²) in [4.78, 5) is 16.8. The van der Waals surface area contributed by atoms with Crippen molar-refractivity contribution in [2.45, 2.75) is 0 Å². The fourth-order valence-electron chi connectivity index (χ4n) is 1.11. The molecule has 0 aliphatic rings. The molecule has 14 heavy (non-hydrogen) atoms. The number of nitrogen functional groups attached to an aromatic ring is 1. The Morgan fingerprint density at radius 1 is 1.71 bits per heavy atom. The van der Waals surface area contributed by atoms with Gasteiger partial charge in [0.2, 0.25) is 5.91 Å². The lowest BCUT2D eigenvalue weighted by molar-refractivity contribution is -0.119. The summed E-state index contributed by atoms with van der Waals surface area (Å²) in [7, 11) is 3.39. The number of anilines is 2. The normalized spacial score (nSPS) is 9.57. The Morgan fingerprint density at radius 3 is 3.00 bits per heavy atom. The quantitative estimate of drug-likeness (QED) is 0.701. The molecule has 0 spiro atoms. The molecule has 1 amide bonds. The first-order valence-electron chi connectivity index (χ1n) is 4.27. The van der Waals surface area contributed by atoms with Crippen molar-refractivity contribution in [3.8, 4) is 0 Å². The number of carbonyl (C=O) groups is 1. The number of aromatic nitrogens is 1. The van der Waals surface area contributed by atoms with Crippen LogP contribution in [0, 0.1) is 0 Å². The number of pyridine rings is 1. The number of nitrogens with two attached hydrogens (primary N) is 1. The van der Waals surface area contributed by atoms with Crippen LogP contribution in [0.4, 0.5) is 11.5 Å². The van der Waals surface area contributed by atoms with Crippen LogP contribution in [-0.2, 0) is 4.79 Å². The van der Waals surface area contributed by atoms with Gasteiger partial charge in [0.25, 0.3) is 0 Å². The molecule has 0 radical (unpaired) electrons. The van der Waals surface area contributed by atoms with Crippen LogP contribution in [0.2, 0.25) is 0 Å². The zero-order valence-electron chi connectivity index (χ0n) is 8.32. The number of hydrogen-bond acceptors (Lipinski definition) is 4. The number of likely N-dealkylation sites (N-methyl/N-ethyl adjacent to an activating group) is 2. The number of rotatable bonds is 3. The highest BCUT2D eigenvalue weighted by Gasteiger charge is 2.08. The van der Waals surface area contributed by atoms with Crippen molar-refractivity contribution < 1.29 is 4.79 Å². The van der Waals surface area contributed by atoms with Gasteiger partial charge in [0.05, 0.1) is 12.2 Å². The Labute approximate surface area is 82.9 Å². The zero-order chi connectivity index (χ0) is 10.6. The molecule has 0 saturated heterocycles. The zero-order valence-corrected chi connectivity index (χ0v) is 8.32.